The fourth-order valence-electron chi connectivity index (χ4n) is 2.16. The van der Waals surface area contributed by atoms with Crippen LogP contribution in [0.25, 0.3) is 33.0 Å². The molecule has 0 bridgehead atoms. The molecule has 0 fully saturated rings. The van der Waals surface area contributed by atoms with Gasteiger partial charge in [-0.25, -0.2) is 9.97 Å². The summed E-state index contributed by atoms with van der Waals surface area (Å²) in [6, 6.07) is 3.90. The van der Waals surface area contributed by atoms with Crippen molar-refractivity contribution in [1.82, 2.24) is 24.9 Å². The van der Waals surface area contributed by atoms with Gasteiger partial charge in [-0.2, -0.15) is 0 Å². The number of hydrogen-bond donors (Lipinski definition) is 1. The van der Waals surface area contributed by atoms with E-state index in [9.17, 15) is 0 Å². The Hall–Kier alpha value is -2.56. The fourth-order valence-corrected chi connectivity index (χ4v) is 2.16. The van der Waals surface area contributed by atoms with E-state index in [1.807, 2.05) is 12.1 Å². The molecule has 0 atom stereocenters. The average Bonchev–Trinajstić information content (AvgIpc) is 2.89. The molecule has 5 heteroatoms. The van der Waals surface area contributed by atoms with Gasteiger partial charge in [0.1, 0.15) is 22.9 Å². The number of imidazole rings is 1. The summed E-state index contributed by atoms with van der Waals surface area (Å²) in [7, 11) is 0. The molecule has 1 aromatic carbocycles. The van der Waals surface area contributed by atoms with Crippen molar-refractivity contribution in [2.24, 2.45) is 0 Å². The van der Waals surface area contributed by atoms with Crippen LogP contribution in [-0.4, -0.2) is 24.9 Å². The van der Waals surface area contributed by atoms with Crippen LogP contribution in [0.15, 0.2) is 37.1 Å². The maximum Gasteiger partial charge on any atom is 0.119 e. The maximum absolute atomic E-state index is 4.40. The minimum Gasteiger partial charge on any atom is -0.357 e. The molecule has 0 aliphatic rings. The topological polar surface area (TPSA) is 67.3 Å². The van der Waals surface area contributed by atoms with Crippen LogP contribution in [0.2, 0.25) is 0 Å². The number of H-pyrrole nitrogens is 1. The number of nitrogens with zero attached hydrogens (tertiary/aromatic N) is 4. The molecule has 0 saturated heterocycles. The first-order chi connectivity index (χ1) is 8.45. The second-order valence-electron chi connectivity index (χ2n) is 3.78. The summed E-state index contributed by atoms with van der Waals surface area (Å²) in [4.78, 5) is 20.5. The molecular formula is C12H7N5. The monoisotopic (exact) mass is 221 g/mol. The summed E-state index contributed by atoms with van der Waals surface area (Å²) in [6.45, 7) is 0. The predicted molar refractivity (Wildman–Crippen MR) is 64.5 cm³/mol. The predicted octanol–water partition coefficient (Wildman–Crippen LogP) is 2.05. The standard InChI is InChI=1S/C12H7N5/c1-2-7-8-10(15-5-4-14-8)12-11(16-6-17-12)9(7)13-3-1/h1-6,15H. The van der Waals surface area contributed by atoms with Crippen molar-refractivity contribution in [3.63, 3.8) is 0 Å². The molecule has 4 aromatic rings. The van der Waals surface area contributed by atoms with Gasteiger partial charge < -0.3 is 4.98 Å². The molecule has 1 N–H and O–H groups in total. The summed E-state index contributed by atoms with van der Waals surface area (Å²) >= 11 is 0. The van der Waals surface area contributed by atoms with Gasteiger partial charge in [0.2, 0.25) is 0 Å². The van der Waals surface area contributed by atoms with Crippen LogP contribution in [0.1, 0.15) is 0 Å². The molecular weight excluding hydrogens is 214 g/mol. The van der Waals surface area contributed by atoms with Crippen molar-refractivity contribution in [2.45, 2.75) is 0 Å². The average molecular weight is 221 g/mol. The summed E-state index contributed by atoms with van der Waals surface area (Å²) in [5.41, 5.74) is 4.26. The van der Waals surface area contributed by atoms with Crippen molar-refractivity contribution in [2.75, 3.05) is 0 Å². The molecule has 80 valence electrons. The van der Waals surface area contributed by atoms with Gasteiger partial charge in [-0.15, -0.1) is 0 Å². The molecule has 17 heavy (non-hydrogen) atoms. The number of hydrogen-bond acceptors (Lipinski definition) is 4. The SMILES string of the molecule is c1cnc2c(c1)c1ncc[nH]c1c1ncnc21. The molecule has 0 unspecified atom stereocenters. The third-order valence-electron chi connectivity index (χ3n) is 2.86. The van der Waals surface area contributed by atoms with Crippen molar-refractivity contribution in [3.8, 4) is 0 Å². The van der Waals surface area contributed by atoms with E-state index in [2.05, 4.69) is 24.9 Å². The van der Waals surface area contributed by atoms with E-state index in [1.165, 1.54) is 0 Å². The number of nitrogens with one attached hydrogen (secondary N) is 1. The van der Waals surface area contributed by atoms with Gasteiger partial charge in [0.15, 0.2) is 0 Å². The lowest BCUT2D eigenvalue weighted by atomic mass is 10.1. The Morgan fingerprint density at radius 1 is 0.824 bits per heavy atom. The van der Waals surface area contributed by atoms with Crippen LogP contribution in [0.5, 0.6) is 0 Å². The fraction of sp³-hybridized carbons (Fsp3) is 0. The van der Waals surface area contributed by atoms with Gasteiger partial charge in [-0.05, 0) is 12.1 Å². The van der Waals surface area contributed by atoms with Gasteiger partial charge in [0.05, 0.1) is 11.0 Å². The summed E-state index contributed by atoms with van der Waals surface area (Å²) in [5.74, 6) is 0. The molecule has 0 aliphatic heterocycles. The Kier molecular flexibility index (Phi) is 1.50. The molecule has 5 nitrogen and oxygen atoms in total. The second-order valence-corrected chi connectivity index (χ2v) is 3.78. The van der Waals surface area contributed by atoms with Crippen LogP contribution in [0, 0.1) is 0 Å². The number of aromatic nitrogens is 5. The number of benzene rings is 1. The minimum atomic E-state index is 0.817. The minimum absolute atomic E-state index is 0.817. The number of aromatic amines is 1. The van der Waals surface area contributed by atoms with Crippen LogP contribution in [-0.2, 0) is 0 Å². The highest BCUT2D eigenvalue weighted by molar-refractivity contribution is 6.19. The van der Waals surface area contributed by atoms with E-state index in [-0.39, 0.29) is 0 Å². The van der Waals surface area contributed by atoms with E-state index in [4.69, 9.17) is 0 Å². The van der Waals surface area contributed by atoms with E-state index in [0.717, 1.165) is 33.0 Å². The Bertz CT molecular complexity index is 779. The Morgan fingerprint density at radius 2 is 1.71 bits per heavy atom. The Morgan fingerprint density at radius 3 is 2.71 bits per heavy atom. The lowest BCUT2D eigenvalue weighted by Crippen LogP contribution is -1.89. The molecule has 0 amide bonds. The second kappa shape index (κ2) is 2.98. The highest BCUT2D eigenvalue weighted by Gasteiger charge is 2.12. The van der Waals surface area contributed by atoms with Gasteiger partial charge in [-0.3, -0.25) is 9.97 Å². The molecule has 3 heterocycles. The zero-order valence-electron chi connectivity index (χ0n) is 8.75. The largest absolute Gasteiger partial charge is 0.357 e. The van der Waals surface area contributed by atoms with Gasteiger partial charge in [0.25, 0.3) is 0 Å². The number of pyridine rings is 1. The molecule has 0 aliphatic carbocycles. The molecule has 0 radical (unpaired) electrons. The van der Waals surface area contributed by atoms with Crippen molar-refractivity contribution in [3.05, 3.63) is 37.1 Å². The van der Waals surface area contributed by atoms with Crippen LogP contribution in [0.3, 0.4) is 0 Å². The van der Waals surface area contributed by atoms with Crippen LogP contribution >= 0.6 is 0 Å². The zero-order chi connectivity index (χ0) is 11.2. The Labute approximate surface area is 95.6 Å². The molecule has 4 rings (SSSR count). The first kappa shape index (κ1) is 8.58. The maximum atomic E-state index is 4.40. The van der Waals surface area contributed by atoms with Gasteiger partial charge in [-0.1, -0.05) is 0 Å². The zero-order valence-corrected chi connectivity index (χ0v) is 8.75. The normalized spacial score (nSPS) is 11.5. The van der Waals surface area contributed by atoms with E-state index in [1.54, 1.807) is 24.9 Å². The van der Waals surface area contributed by atoms with E-state index < -0.39 is 0 Å². The third kappa shape index (κ3) is 1.02. The highest BCUT2D eigenvalue weighted by atomic mass is 14.9. The number of rotatable bonds is 0. The highest BCUT2D eigenvalue weighted by Crippen LogP contribution is 2.28. The summed E-state index contributed by atoms with van der Waals surface area (Å²) < 4.78 is 0. The lowest BCUT2D eigenvalue weighted by molar-refractivity contribution is 1.30. The summed E-state index contributed by atoms with van der Waals surface area (Å²) in [6.07, 6.45) is 6.84. The quantitative estimate of drug-likeness (QED) is 0.461. The molecule has 0 spiro atoms. The van der Waals surface area contributed by atoms with Crippen molar-refractivity contribution >= 4 is 33.0 Å². The van der Waals surface area contributed by atoms with Crippen molar-refractivity contribution < 1.29 is 0 Å². The number of fused-ring (bicyclic) bond motifs is 6. The summed E-state index contributed by atoms with van der Waals surface area (Å²) in [5, 5.41) is 0.993. The first-order valence-corrected chi connectivity index (χ1v) is 5.25. The first-order valence-electron chi connectivity index (χ1n) is 5.25. The van der Waals surface area contributed by atoms with Gasteiger partial charge >= 0.3 is 0 Å². The molecule has 0 saturated carbocycles. The van der Waals surface area contributed by atoms with E-state index >= 15 is 0 Å². The third-order valence-corrected chi connectivity index (χ3v) is 2.86. The van der Waals surface area contributed by atoms with Crippen LogP contribution < -0.4 is 0 Å². The van der Waals surface area contributed by atoms with Crippen LogP contribution in [0.4, 0.5) is 0 Å². The van der Waals surface area contributed by atoms with Crippen molar-refractivity contribution in [1.29, 1.82) is 0 Å². The van der Waals surface area contributed by atoms with Gasteiger partial charge in [0, 0.05) is 24.0 Å². The van der Waals surface area contributed by atoms with E-state index in [0.29, 0.717) is 0 Å². The lowest BCUT2D eigenvalue weighted by Gasteiger charge is -2.03. The molecule has 3 aromatic heterocycles. The smallest absolute Gasteiger partial charge is 0.119 e. The Balaban J connectivity index is 2.48.